The zero-order chi connectivity index (χ0) is 70.4. The average Bonchev–Trinajstić information content (AvgIpc) is 0.760. The van der Waals surface area contributed by atoms with Crippen LogP contribution in [0.2, 0.25) is 0 Å². The van der Waals surface area contributed by atoms with E-state index in [9.17, 15) is 14.4 Å². The summed E-state index contributed by atoms with van der Waals surface area (Å²) in [6.07, 6.45) is -18.4. The predicted octanol–water partition coefficient (Wildman–Crippen LogP) is 13.9. The smallest absolute Gasteiger partial charge is 0.338 e. The Morgan fingerprint density at radius 3 is 1.21 bits per heavy atom. The Hall–Kier alpha value is -9.19. The second-order valence-corrected chi connectivity index (χ2v) is 26.2. The molecule has 0 N–H and O–H groups in total. The van der Waals surface area contributed by atoms with Gasteiger partial charge in [0.25, 0.3) is 0 Å². The molecule has 3 fully saturated rings. The number of ether oxygens (including phenoxy) is 14. The number of rotatable bonds is 30. The van der Waals surface area contributed by atoms with Crippen molar-refractivity contribution in [2.24, 2.45) is 0 Å². The van der Waals surface area contributed by atoms with Crippen molar-refractivity contribution in [1.82, 2.24) is 0 Å². The normalized spacial score (nSPS) is 24.8. The van der Waals surface area contributed by atoms with Crippen LogP contribution in [0.4, 0.5) is 0 Å². The van der Waals surface area contributed by atoms with Gasteiger partial charge in [-0.3, -0.25) is 4.79 Å². The van der Waals surface area contributed by atoms with Crippen molar-refractivity contribution in [3.63, 3.8) is 0 Å². The van der Waals surface area contributed by atoms with E-state index in [2.05, 4.69) is 0 Å². The van der Waals surface area contributed by atoms with E-state index in [1.54, 1.807) is 91.0 Å². The monoisotopic (exact) mass is 1400 g/mol. The molecule has 3 aliphatic heterocycles. The van der Waals surface area contributed by atoms with Crippen molar-refractivity contribution in [1.29, 1.82) is 0 Å². The quantitative estimate of drug-likeness (QED) is 0.0304. The highest BCUT2D eigenvalue weighted by atomic mass is 32.2. The fourth-order valence-corrected chi connectivity index (χ4v) is 13.5. The molecule has 12 rings (SSSR count). The molecule has 18 nitrogen and oxygen atoms in total. The van der Waals surface area contributed by atoms with E-state index >= 15 is 4.79 Å². The third-order valence-corrected chi connectivity index (χ3v) is 18.7. The zero-order valence-corrected chi connectivity index (χ0v) is 57.6. The summed E-state index contributed by atoms with van der Waals surface area (Å²) >= 11 is 1.21. The molecule has 0 aliphatic carbocycles. The largest absolute Gasteiger partial charge is 0.459 e. The van der Waals surface area contributed by atoms with Crippen LogP contribution in [-0.4, -0.2) is 128 Å². The minimum atomic E-state index is -1.65. The second kappa shape index (κ2) is 36.6. The minimum Gasteiger partial charge on any atom is -0.459 e. The van der Waals surface area contributed by atoms with Gasteiger partial charge in [0.1, 0.15) is 60.9 Å². The van der Waals surface area contributed by atoms with Crippen LogP contribution in [0.5, 0.6) is 0 Å². The van der Waals surface area contributed by atoms with Gasteiger partial charge in [0.2, 0.25) is 0 Å². The van der Waals surface area contributed by atoms with Gasteiger partial charge in [-0.25, -0.2) is 14.4 Å². The topological polar surface area (TPSA) is 197 Å². The number of carbonyl (C=O) groups is 4. The Labute approximate surface area is 598 Å². The summed E-state index contributed by atoms with van der Waals surface area (Å²) in [7, 11) is 0. The molecular formula is C83H82O18S. The maximum absolute atomic E-state index is 15.0. The van der Waals surface area contributed by atoms with Gasteiger partial charge in [-0.05, 0) is 90.2 Å². The Kier molecular flexibility index (Phi) is 26.1. The standard InChI is InChI=1S/C83H82O18S/c1-55-44-46-66(47-45-55)102-83-77(99-80(87)65-42-26-11-27-43-65)74(71(98-79(86)64-40-24-10-25-41-64)68(97-83)54-93-78(85)63-38-22-9-23-39-63)100-81-76(72(91-51-61-34-18-7-19-35-61)69(56(2)94-81)89-49-59-30-14-5-15-31-59)101-82-75(95-57(3)84)73(92-52-62-36-20-8-21-37-62)70(90-50-60-32-16-6-17-33-60)67(96-82)53-88-48-58-28-12-4-13-29-58/h4-47,56,67-77,81-83H,48-54H2,1-3H3/t56-,67-,68-,69-,70-,71-,72+,73+,74+,75+,76+,77+,81-,82-,83-/m1/s1. The SMILES string of the molecule is CC(=O)O[C@@H]1[C@@H](O[C@@H]2[C@@H](O[C@@H]3[C@H](OC(=O)c4ccccc4)[C@@H](Sc4ccc(C)cc4)O[C@H](COC(=O)c4ccccc4)[C@H]3OC(=O)c3ccccc3)O[C@H](C)[C@@H](OCc3ccccc3)[C@@H]2OCc2ccccc2)O[C@H](COCc2ccccc2)[C@@H](OCc2ccccc2)[C@@H]1OCc1ccccc1. The summed E-state index contributed by atoms with van der Waals surface area (Å²) in [5.41, 5.74) is 4.57. The molecule has 0 amide bonds. The minimum absolute atomic E-state index is 0.000912. The van der Waals surface area contributed by atoms with Crippen LogP contribution in [0.25, 0.3) is 0 Å². The van der Waals surface area contributed by atoms with Crippen LogP contribution in [-0.2, 0) is 104 Å². The Morgan fingerprint density at radius 1 is 0.353 bits per heavy atom. The molecule has 15 atom stereocenters. The Morgan fingerprint density at radius 2 is 0.735 bits per heavy atom. The fraction of sp³-hybridized carbons (Fsp3) is 0.301. The average molecular weight is 1400 g/mol. The van der Waals surface area contributed by atoms with Crippen molar-refractivity contribution in [3.05, 3.63) is 317 Å². The van der Waals surface area contributed by atoms with E-state index < -0.39 is 122 Å². The fourth-order valence-electron chi connectivity index (χ4n) is 12.3. The zero-order valence-electron chi connectivity index (χ0n) is 56.8. The van der Waals surface area contributed by atoms with Gasteiger partial charge < -0.3 is 66.3 Å². The number of benzene rings is 9. The molecule has 0 bridgehead atoms. The van der Waals surface area contributed by atoms with Crippen molar-refractivity contribution in [2.75, 3.05) is 13.2 Å². The molecule has 102 heavy (non-hydrogen) atoms. The van der Waals surface area contributed by atoms with Crippen LogP contribution in [0.15, 0.2) is 272 Å². The molecule has 0 radical (unpaired) electrons. The summed E-state index contributed by atoms with van der Waals surface area (Å²) in [5.74, 6) is -2.98. The summed E-state index contributed by atoms with van der Waals surface area (Å²) in [4.78, 5) is 58.8. The molecule has 0 aromatic heterocycles. The van der Waals surface area contributed by atoms with E-state index in [1.807, 2.05) is 190 Å². The molecule has 0 spiro atoms. The van der Waals surface area contributed by atoms with Crippen LogP contribution in [0, 0.1) is 6.92 Å². The Balaban J connectivity index is 1.01. The van der Waals surface area contributed by atoms with Crippen molar-refractivity contribution in [2.45, 2.75) is 150 Å². The highest BCUT2D eigenvalue weighted by Crippen LogP contribution is 2.42. The van der Waals surface area contributed by atoms with E-state index in [4.69, 9.17) is 66.3 Å². The van der Waals surface area contributed by atoms with Crippen LogP contribution < -0.4 is 0 Å². The van der Waals surface area contributed by atoms with Gasteiger partial charge in [-0.2, -0.15) is 0 Å². The van der Waals surface area contributed by atoms with Gasteiger partial charge in [0.05, 0.1) is 62.4 Å². The maximum Gasteiger partial charge on any atom is 0.338 e. The van der Waals surface area contributed by atoms with Crippen LogP contribution in [0.3, 0.4) is 0 Å². The van der Waals surface area contributed by atoms with Crippen LogP contribution >= 0.6 is 11.8 Å². The third kappa shape index (κ3) is 19.9. The summed E-state index contributed by atoms with van der Waals surface area (Å²) < 4.78 is 97.7. The number of thioether (sulfide) groups is 1. The summed E-state index contributed by atoms with van der Waals surface area (Å²) in [6.45, 7) is 4.88. The summed E-state index contributed by atoms with van der Waals surface area (Å²) in [6, 6.07) is 80.9. The Bertz CT molecular complexity index is 4020. The lowest BCUT2D eigenvalue weighted by molar-refractivity contribution is -0.388. The molecule has 0 saturated carbocycles. The number of carbonyl (C=O) groups excluding carboxylic acids is 4. The van der Waals surface area contributed by atoms with Gasteiger partial charge >= 0.3 is 23.9 Å². The number of hydrogen-bond acceptors (Lipinski definition) is 19. The molecule has 3 aliphatic rings. The van der Waals surface area contributed by atoms with E-state index in [-0.39, 0.29) is 56.3 Å². The van der Waals surface area contributed by atoms with Crippen molar-refractivity contribution < 1.29 is 85.5 Å². The molecule has 9 aromatic rings. The van der Waals surface area contributed by atoms with Gasteiger partial charge in [-0.15, -0.1) is 0 Å². The number of aryl methyl sites for hydroxylation is 1. The van der Waals surface area contributed by atoms with Gasteiger partial charge in [0.15, 0.2) is 30.9 Å². The molecule has 0 unspecified atom stereocenters. The summed E-state index contributed by atoms with van der Waals surface area (Å²) in [5, 5.41) is 0. The predicted molar refractivity (Wildman–Crippen MR) is 378 cm³/mol. The molecule has 9 aromatic carbocycles. The third-order valence-electron chi connectivity index (χ3n) is 17.5. The van der Waals surface area contributed by atoms with Crippen molar-refractivity contribution in [3.8, 4) is 0 Å². The first-order valence-electron chi connectivity index (χ1n) is 34.1. The first-order chi connectivity index (χ1) is 50.0. The van der Waals surface area contributed by atoms with E-state index in [1.165, 1.54) is 18.7 Å². The second-order valence-electron chi connectivity index (χ2n) is 25.0. The maximum atomic E-state index is 15.0. The van der Waals surface area contributed by atoms with E-state index in [0.717, 1.165) is 33.4 Å². The van der Waals surface area contributed by atoms with E-state index in [0.29, 0.717) is 4.90 Å². The number of hydrogen-bond donors (Lipinski definition) is 0. The molecule has 3 heterocycles. The molecule has 528 valence electrons. The van der Waals surface area contributed by atoms with Gasteiger partial charge in [0, 0.05) is 11.8 Å². The highest BCUT2D eigenvalue weighted by Gasteiger charge is 2.58. The lowest BCUT2D eigenvalue weighted by Gasteiger charge is -2.51. The lowest BCUT2D eigenvalue weighted by atomic mass is 9.95. The van der Waals surface area contributed by atoms with Crippen LogP contribution in [0.1, 0.15) is 78.3 Å². The lowest BCUT2D eigenvalue weighted by Crippen LogP contribution is -2.68. The molecular weight excluding hydrogens is 1320 g/mol. The van der Waals surface area contributed by atoms with Crippen molar-refractivity contribution >= 4 is 35.6 Å². The number of esters is 4. The first kappa shape index (κ1) is 72.6. The first-order valence-corrected chi connectivity index (χ1v) is 35.0. The molecule has 19 heteroatoms. The van der Waals surface area contributed by atoms with Gasteiger partial charge in [-0.1, -0.05) is 236 Å². The highest BCUT2D eigenvalue weighted by molar-refractivity contribution is 7.99. The molecule has 3 saturated heterocycles.